The summed E-state index contributed by atoms with van der Waals surface area (Å²) in [4.78, 5) is 21.7. The molecule has 0 aliphatic carbocycles. The molecule has 0 saturated carbocycles. The van der Waals surface area contributed by atoms with Crippen LogP contribution in [-0.4, -0.2) is 38.7 Å². The lowest BCUT2D eigenvalue weighted by Crippen LogP contribution is -2.37. The number of amides is 1. The van der Waals surface area contributed by atoms with Gasteiger partial charge in [0.15, 0.2) is 11.5 Å². The number of hydrogen-bond acceptors (Lipinski definition) is 6. The van der Waals surface area contributed by atoms with E-state index in [1.165, 1.54) is 6.20 Å². The predicted molar refractivity (Wildman–Crippen MR) is 77.7 cm³/mol. The number of rotatable bonds is 3. The predicted octanol–water partition coefficient (Wildman–Crippen LogP) is 0.196. The minimum Gasteiger partial charge on any atom is -0.382 e. The summed E-state index contributed by atoms with van der Waals surface area (Å²) in [6.07, 6.45) is 6.74. The van der Waals surface area contributed by atoms with Crippen LogP contribution in [0.15, 0.2) is 24.7 Å². The SMILES string of the molecule is NC(=O)c1nccnc1N1CCC(n2ccc(N)n2)CC1. The van der Waals surface area contributed by atoms with Gasteiger partial charge in [-0.1, -0.05) is 0 Å². The molecule has 0 spiro atoms. The second-order valence-corrected chi connectivity index (χ2v) is 5.03. The molecule has 110 valence electrons. The van der Waals surface area contributed by atoms with Crippen molar-refractivity contribution in [1.82, 2.24) is 19.7 Å². The summed E-state index contributed by atoms with van der Waals surface area (Å²) < 4.78 is 1.90. The van der Waals surface area contributed by atoms with Crippen molar-refractivity contribution in [1.29, 1.82) is 0 Å². The minimum atomic E-state index is -0.555. The van der Waals surface area contributed by atoms with Crippen LogP contribution < -0.4 is 16.4 Å². The quantitative estimate of drug-likeness (QED) is 0.832. The van der Waals surface area contributed by atoms with Gasteiger partial charge in [0.1, 0.15) is 5.82 Å². The number of carbonyl (C=O) groups excluding carboxylic acids is 1. The molecule has 1 fully saturated rings. The largest absolute Gasteiger partial charge is 0.382 e. The molecule has 21 heavy (non-hydrogen) atoms. The fourth-order valence-corrected chi connectivity index (χ4v) is 2.63. The molecule has 3 heterocycles. The highest BCUT2D eigenvalue weighted by atomic mass is 16.1. The van der Waals surface area contributed by atoms with Crippen molar-refractivity contribution < 1.29 is 4.79 Å². The maximum absolute atomic E-state index is 11.4. The van der Waals surface area contributed by atoms with Gasteiger partial charge in [0.2, 0.25) is 0 Å². The Balaban J connectivity index is 1.73. The van der Waals surface area contributed by atoms with Crippen molar-refractivity contribution in [2.45, 2.75) is 18.9 Å². The number of aromatic nitrogens is 4. The van der Waals surface area contributed by atoms with E-state index < -0.39 is 5.91 Å². The Kier molecular flexibility index (Phi) is 3.43. The van der Waals surface area contributed by atoms with Crippen molar-refractivity contribution in [2.24, 2.45) is 5.73 Å². The summed E-state index contributed by atoms with van der Waals surface area (Å²) in [5, 5.41) is 4.25. The van der Waals surface area contributed by atoms with Gasteiger partial charge >= 0.3 is 0 Å². The van der Waals surface area contributed by atoms with Crippen LogP contribution in [0.5, 0.6) is 0 Å². The molecule has 2 aromatic heterocycles. The van der Waals surface area contributed by atoms with Gasteiger partial charge in [-0.2, -0.15) is 5.10 Å². The summed E-state index contributed by atoms with van der Waals surface area (Å²) >= 11 is 0. The fourth-order valence-electron chi connectivity index (χ4n) is 2.63. The van der Waals surface area contributed by atoms with E-state index in [9.17, 15) is 4.79 Å². The molecule has 0 unspecified atom stereocenters. The summed E-state index contributed by atoms with van der Waals surface area (Å²) in [7, 11) is 0. The van der Waals surface area contributed by atoms with E-state index in [0.717, 1.165) is 25.9 Å². The minimum absolute atomic E-state index is 0.222. The first-order valence-electron chi connectivity index (χ1n) is 6.81. The highest BCUT2D eigenvalue weighted by Gasteiger charge is 2.25. The summed E-state index contributed by atoms with van der Waals surface area (Å²) in [5.74, 6) is 0.533. The van der Waals surface area contributed by atoms with E-state index in [0.29, 0.717) is 17.7 Å². The molecular formula is C13H17N7O. The molecule has 0 radical (unpaired) electrons. The molecule has 4 N–H and O–H groups in total. The molecule has 0 atom stereocenters. The lowest BCUT2D eigenvalue weighted by molar-refractivity contribution is 0.0995. The molecule has 8 nitrogen and oxygen atoms in total. The van der Waals surface area contributed by atoms with Gasteiger partial charge in [0.05, 0.1) is 6.04 Å². The second kappa shape index (κ2) is 5.39. The Bertz CT molecular complexity index is 645. The van der Waals surface area contributed by atoms with Crippen LogP contribution in [0.4, 0.5) is 11.6 Å². The average Bonchev–Trinajstić information content (AvgIpc) is 2.94. The number of nitrogen functional groups attached to an aromatic ring is 1. The molecule has 2 aromatic rings. The first-order valence-corrected chi connectivity index (χ1v) is 6.81. The third kappa shape index (κ3) is 2.64. The molecule has 8 heteroatoms. The van der Waals surface area contributed by atoms with Crippen LogP contribution >= 0.6 is 0 Å². The number of nitrogens with zero attached hydrogens (tertiary/aromatic N) is 5. The summed E-state index contributed by atoms with van der Waals surface area (Å²) in [6, 6.07) is 2.10. The van der Waals surface area contributed by atoms with Crippen LogP contribution in [0.1, 0.15) is 29.4 Å². The van der Waals surface area contributed by atoms with Crippen LogP contribution in [0, 0.1) is 0 Å². The summed E-state index contributed by atoms with van der Waals surface area (Å²) in [5.41, 5.74) is 11.2. The average molecular weight is 287 g/mol. The van der Waals surface area contributed by atoms with Crippen LogP contribution in [0.2, 0.25) is 0 Å². The second-order valence-electron chi connectivity index (χ2n) is 5.03. The van der Waals surface area contributed by atoms with Crippen molar-refractivity contribution in [2.75, 3.05) is 23.7 Å². The normalized spacial score (nSPS) is 16.1. The summed E-state index contributed by atoms with van der Waals surface area (Å²) in [6.45, 7) is 1.53. The van der Waals surface area contributed by atoms with Crippen molar-refractivity contribution in [3.05, 3.63) is 30.4 Å². The smallest absolute Gasteiger partial charge is 0.271 e. The maximum Gasteiger partial charge on any atom is 0.271 e. The first-order chi connectivity index (χ1) is 10.1. The Labute approximate surface area is 121 Å². The number of piperidine rings is 1. The number of primary amides is 1. The topological polar surface area (TPSA) is 116 Å². The third-order valence-corrected chi connectivity index (χ3v) is 3.68. The molecule has 0 bridgehead atoms. The monoisotopic (exact) mass is 287 g/mol. The lowest BCUT2D eigenvalue weighted by Gasteiger charge is -2.33. The fraction of sp³-hybridized carbons (Fsp3) is 0.385. The van der Waals surface area contributed by atoms with E-state index >= 15 is 0 Å². The molecular weight excluding hydrogens is 270 g/mol. The van der Waals surface area contributed by atoms with E-state index in [1.807, 2.05) is 15.8 Å². The lowest BCUT2D eigenvalue weighted by atomic mass is 10.1. The van der Waals surface area contributed by atoms with Crippen LogP contribution in [0.25, 0.3) is 0 Å². The highest BCUT2D eigenvalue weighted by molar-refractivity contribution is 5.95. The molecule has 1 aliphatic rings. The molecule has 0 aromatic carbocycles. The number of nitrogens with two attached hydrogens (primary N) is 2. The van der Waals surface area contributed by atoms with Crippen molar-refractivity contribution in [3.8, 4) is 0 Å². The van der Waals surface area contributed by atoms with Gasteiger partial charge in [-0.05, 0) is 18.9 Å². The van der Waals surface area contributed by atoms with Gasteiger partial charge in [0, 0.05) is 31.7 Å². The Hall–Kier alpha value is -2.64. The van der Waals surface area contributed by atoms with Crippen LogP contribution in [0.3, 0.4) is 0 Å². The van der Waals surface area contributed by atoms with Crippen LogP contribution in [-0.2, 0) is 0 Å². The third-order valence-electron chi connectivity index (χ3n) is 3.68. The van der Waals surface area contributed by atoms with Crippen molar-refractivity contribution in [3.63, 3.8) is 0 Å². The highest BCUT2D eigenvalue weighted by Crippen LogP contribution is 2.26. The molecule has 3 rings (SSSR count). The maximum atomic E-state index is 11.4. The van der Waals surface area contributed by atoms with Gasteiger partial charge in [-0.15, -0.1) is 0 Å². The molecule has 1 aliphatic heterocycles. The molecule has 1 amide bonds. The van der Waals surface area contributed by atoms with Crippen molar-refractivity contribution >= 4 is 17.5 Å². The Morgan fingerprint density at radius 1 is 1.24 bits per heavy atom. The standard InChI is InChI=1S/C13H17N7O/c14-10-3-8-20(18-10)9-1-6-19(7-2-9)13-11(12(15)21)16-4-5-17-13/h3-5,8-9H,1-2,6-7H2,(H2,14,18)(H2,15,21). The zero-order chi connectivity index (χ0) is 14.8. The zero-order valence-corrected chi connectivity index (χ0v) is 11.5. The van der Waals surface area contributed by atoms with Gasteiger partial charge in [-0.3, -0.25) is 9.48 Å². The first kappa shape index (κ1) is 13.3. The number of hydrogen-bond donors (Lipinski definition) is 2. The Morgan fingerprint density at radius 3 is 2.57 bits per heavy atom. The van der Waals surface area contributed by atoms with E-state index in [4.69, 9.17) is 11.5 Å². The van der Waals surface area contributed by atoms with Gasteiger partial charge < -0.3 is 16.4 Å². The zero-order valence-electron chi connectivity index (χ0n) is 11.5. The van der Waals surface area contributed by atoms with E-state index in [2.05, 4.69) is 15.1 Å². The van der Waals surface area contributed by atoms with E-state index in [1.54, 1.807) is 12.3 Å². The molecule has 1 saturated heterocycles. The number of carbonyl (C=O) groups is 1. The van der Waals surface area contributed by atoms with Gasteiger partial charge in [0.25, 0.3) is 5.91 Å². The van der Waals surface area contributed by atoms with Gasteiger partial charge in [-0.25, -0.2) is 9.97 Å². The Morgan fingerprint density at radius 2 is 1.95 bits per heavy atom. The van der Waals surface area contributed by atoms with E-state index in [-0.39, 0.29) is 5.69 Å². The number of anilines is 2.